The number of imidazole rings is 1. The molecule has 0 bridgehead atoms. The molecule has 1 unspecified atom stereocenters. The van der Waals surface area contributed by atoms with Crippen molar-refractivity contribution in [2.24, 2.45) is 5.92 Å². The number of anilines is 2. The zero-order chi connectivity index (χ0) is 24.2. The van der Waals surface area contributed by atoms with Crippen LogP contribution in [0.25, 0.3) is 17.2 Å². The third kappa shape index (κ3) is 4.72. The molecule has 3 heterocycles. The molecular weight excluding hydrogens is 446 g/mol. The largest absolute Gasteiger partial charge is 0.354 e. The monoisotopic (exact) mass is 469 g/mol. The number of amides is 1. The molecule has 2 aromatic heterocycles. The minimum absolute atomic E-state index is 0.121. The maximum absolute atomic E-state index is 12.9. The van der Waals surface area contributed by atoms with Crippen LogP contribution in [0, 0.1) is 16.0 Å². The van der Waals surface area contributed by atoms with Crippen molar-refractivity contribution in [3.63, 3.8) is 0 Å². The van der Waals surface area contributed by atoms with Gasteiger partial charge in [-0.1, -0.05) is 42.5 Å². The zero-order valence-corrected chi connectivity index (χ0v) is 18.8. The van der Waals surface area contributed by atoms with Gasteiger partial charge in [0.1, 0.15) is 11.5 Å². The number of rotatable bonds is 6. The molecule has 0 spiro atoms. The highest BCUT2D eigenvalue weighted by Crippen LogP contribution is 2.27. The van der Waals surface area contributed by atoms with E-state index in [1.807, 2.05) is 58.1 Å². The highest BCUT2D eigenvalue weighted by Gasteiger charge is 2.28. The summed E-state index contributed by atoms with van der Waals surface area (Å²) in [6, 6.07) is 19.8. The second-order valence-corrected chi connectivity index (χ2v) is 8.29. The van der Waals surface area contributed by atoms with Gasteiger partial charge in [0.2, 0.25) is 5.91 Å². The summed E-state index contributed by atoms with van der Waals surface area (Å²) in [7, 11) is 0. The van der Waals surface area contributed by atoms with Crippen molar-refractivity contribution in [2.45, 2.75) is 12.8 Å². The molecule has 1 aliphatic heterocycles. The number of aromatic nitrogens is 4. The Morgan fingerprint density at radius 3 is 2.51 bits per heavy atom. The number of nitrogens with zero attached hydrogens (tertiary/aromatic N) is 6. The van der Waals surface area contributed by atoms with Crippen LogP contribution in [0.15, 0.2) is 79.1 Å². The average Bonchev–Trinajstić information content (AvgIpc) is 3.40. The number of hydrogen-bond acceptors (Lipinski definition) is 7. The molecule has 5 rings (SSSR count). The van der Waals surface area contributed by atoms with Crippen molar-refractivity contribution in [1.82, 2.24) is 19.7 Å². The van der Waals surface area contributed by atoms with Crippen LogP contribution >= 0.6 is 0 Å². The number of piperidine rings is 1. The smallest absolute Gasteiger partial charge is 0.292 e. The number of nitrogens with one attached hydrogen (secondary N) is 1. The lowest BCUT2D eigenvalue weighted by Crippen LogP contribution is -2.41. The summed E-state index contributed by atoms with van der Waals surface area (Å²) in [4.78, 5) is 30.1. The molecule has 1 N–H and O–H groups in total. The molecule has 0 saturated carbocycles. The van der Waals surface area contributed by atoms with Gasteiger partial charge in [-0.2, -0.15) is 0 Å². The van der Waals surface area contributed by atoms with E-state index in [1.54, 1.807) is 24.4 Å². The first-order valence-electron chi connectivity index (χ1n) is 11.3. The van der Waals surface area contributed by atoms with Crippen LogP contribution in [0.3, 0.4) is 0 Å². The number of nitro benzene ring substituents is 1. The van der Waals surface area contributed by atoms with Crippen LogP contribution in [0.2, 0.25) is 0 Å². The number of para-hydroxylation sites is 2. The Labute approximate surface area is 201 Å². The minimum atomic E-state index is -0.497. The van der Waals surface area contributed by atoms with Crippen molar-refractivity contribution in [3.05, 3.63) is 89.2 Å². The van der Waals surface area contributed by atoms with Gasteiger partial charge in [0.05, 0.1) is 10.8 Å². The predicted octanol–water partition coefficient (Wildman–Crippen LogP) is 4.09. The summed E-state index contributed by atoms with van der Waals surface area (Å²) in [5.74, 6) is 1.55. The number of benzene rings is 2. The van der Waals surface area contributed by atoms with Gasteiger partial charge in [0.25, 0.3) is 5.69 Å². The summed E-state index contributed by atoms with van der Waals surface area (Å²) >= 11 is 0. The number of nitro groups is 1. The average molecular weight is 470 g/mol. The van der Waals surface area contributed by atoms with E-state index < -0.39 is 4.92 Å². The lowest BCUT2D eigenvalue weighted by Gasteiger charge is -2.32. The molecule has 176 valence electrons. The molecule has 2 aromatic carbocycles. The maximum Gasteiger partial charge on any atom is 0.292 e. The normalized spacial score (nSPS) is 15.5. The molecule has 10 heteroatoms. The van der Waals surface area contributed by atoms with Gasteiger partial charge in [-0.05, 0) is 31.0 Å². The molecule has 1 aliphatic rings. The van der Waals surface area contributed by atoms with Crippen LogP contribution in [0.5, 0.6) is 0 Å². The summed E-state index contributed by atoms with van der Waals surface area (Å²) in [6.07, 6.45) is 5.07. The second-order valence-electron chi connectivity index (χ2n) is 8.29. The number of carbonyl (C=O) groups is 1. The van der Waals surface area contributed by atoms with Crippen LogP contribution in [-0.4, -0.2) is 43.7 Å². The highest BCUT2D eigenvalue weighted by atomic mass is 16.6. The Morgan fingerprint density at radius 2 is 1.74 bits per heavy atom. The predicted molar refractivity (Wildman–Crippen MR) is 131 cm³/mol. The molecule has 0 aliphatic carbocycles. The molecule has 1 saturated heterocycles. The Bertz CT molecular complexity index is 1340. The van der Waals surface area contributed by atoms with Crippen molar-refractivity contribution in [2.75, 3.05) is 23.3 Å². The zero-order valence-electron chi connectivity index (χ0n) is 18.8. The standard InChI is InChI=1S/C25H23N7O3/c33-25(27-20-10-4-5-11-21(20)32(34)35)19-9-6-15-30(17-19)22-12-13-23(29-28-22)31-16-14-26-24(31)18-7-2-1-3-8-18/h1-5,7-8,10-14,16,19H,6,9,15,17H2,(H,27,33). The van der Waals surface area contributed by atoms with E-state index in [4.69, 9.17) is 0 Å². The van der Waals surface area contributed by atoms with Gasteiger partial charge >= 0.3 is 0 Å². The van der Waals surface area contributed by atoms with E-state index in [2.05, 4.69) is 20.5 Å². The third-order valence-corrected chi connectivity index (χ3v) is 6.03. The first-order chi connectivity index (χ1) is 17.1. The Morgan fingerprint density at radius 1 is 1.00 bits per heavy atom. The third-order valence-electron chi connectivity index (χ3n) is 6.03. The molecular formula is C25H23N7O3. The number of hydrogen-bond donors (Lipinski definition) is 1. The molecule has 35 heavy (non-hydrogen) atoms. The van der Waals surface area contributed by atoms with Gasteiger partial charge in [-0.3, -0.25) is 19.5 Å². The Balaban J connectivity index is 1.29. The quantitative estimate of drug-likeness (QED) is 0.334. The minimum Gasteiger partial charge on any atom is -0.354 e. The lowest BCUT2D eigenvalue weighted by atomic mass is 9.97. The Kier molecular flexibility index (Phi) is 6.16. The van der Waals surface area contributed by atoms with E-state index in [0.29, 0.717) is 24.6 Å². The molecule has 0 radical (unpaired) electrons. The molecule has 1 amide bonds. The van der Waals surface area contributed by atoms with Gasteiger partial charge < -0.3 is 10.2 Å². The molecule has 1 atom stereocenters. The van der Waals surface area contributed by atoms with E-state index in [0.717, 1.165) is 24.4 Å². The van der Waals surface area contributed by atoms with Gasteiger partial charge in [0.15, 0.2) is 11.6 Å². The SMILES string of the molecule is O=C(Nc1ccccc1[N+](=O)[O-])C1CCCN(c2ccc(-n3ccnc3-c3ccccc3)nn2)C1. The van der Waals surface area contributed by atoms with E-state index in [-0.39, 0.29) is 23.2 Å². The number of carbonyl (C=O) groups excluding carboxylic acids is 1. The van der Waals surface area contributed by atoms with Crippen molar-refractivity contribution >= 4 is 23.1 Å². The summed E-state index contributed by atoms with van der Waals surface area (Å²) in [5.41, 5.74) is 1.06. The topological polar surface area (TPSA) is 119 Å². The first kappa shape index (κ1) is 22.2. The molecule has 10 nitrogen and oxygen atoms in total. The van der Waals surface area contributed by atoms with Gasteiger partial charge in [-0.25, -0.2) is 4.98 Å². The molecule has 4 aromatic rings. The molecule has 1 fully saturated rings. The van der Waals surface area contributed by atoms with Crippen molar-refractivity contribution < 1.29 is 9.72 Å². The van der Waals surface area contributed by atoms with E-state index in [9.17, 15) is 14.9 Å². The van der Waals surface area contributed by atoms with Crippen LogP contribution < -0.4 is 10.2 Å². The maximum atomic E-state index is 12.9. The van der Waals surface area contributed by atoms with Crippen molar-refractivity contribution in [1.29, 1.82) is 0 Å². The van der Waals surface area contributed by atoms with Crippen LogP contribution in [0.4, 0.5) is 17.2 Å². The fourth-order valence-electron chi connectivity index (χ4n) is 4.28. The summed E-state index contributed by atoms with van der Waals surface area (Å²) < 4.78 is 1.88. The van der Waals surface area contributed by atoms with E-state index >= 15 is 0 Å². The van der Waals surface area contributed by atoms with E-state index in [1.165, 1.54) is 6.07 Å². The first-order valence-corrected chi connectivity index (χ1v) is 11.3. The van der Waals surface area contributed by atoms with Gasteiger partial charge in [0, 0.05) is 37.1 Å². The highest BCUT2D eigenvalue weighted by molar-refractivity contribution is 5.95. The Hall–Kier alpha value is -4.60. The summed E-state index contributed by atoms with van der Waals surface area (Å²) in [6.45, 7) is 1.21. The fraction of sp³-hybridized carbons (Fsp3) is 0.200. The van der Waals surface area contributed by atoms with Crippen LogP contribution in [-0.2, 0) is 4.79 Å². The van der Waals surface area contributed by atoms with Crippen molar-refractivity contribution in [3.8, 4) is 17.2 Å². The summed E-state index contributed by atoms with van der Waals surface area (Å²) in [5, 5.41) is 22.8. The second kappa shape index (κ2) is 9.72. The van der Waals surface area contributed by atoms with Gasteiger partial charge in [-0.15, -0.1) is 10.2 Å². The lowest BCUT2D eigenvalue weighted by molar-refractivity contribution is -0.383. The van der Waals surface area contributed by atoms with Crippen LogP contribution in [0.1, 0.15) is 12.8 Å². The fourth-order valence-corrected chi connectivity index (χ4v) is 4.28.